The third-order valence-corrected chi connectivity index (χ3v) is 6.02. The number of hydrogen-bond donors (Lipinski definition) is 0. The number of ether oxygens (including phenoxy) is 1. The second kappa shape index (κ2) is 8.13. The average Bonchev–Trinajstić information content (AvgIpc) is 3.57. The molecule has 1 aliphatic carbocycles. The van der Waals surface area contributed by atoms with Crippen LogP contribution in [0.5, 0.6) is 5.88 Å². The molecule has 154 valence electrons. The average molecular weight is 394 g/mol. The Morgan fingerprint density at radius 3 is 2.24 bits per heavy atom. The van der Waals surface area contributed by atoms with Crippen molar-refractivity contribution in [1.29, 1.82) is 0 Å². The Morgan fingerprint density at radius 1 is 1.00 bits per heavy atom. The third kappa shape index (κ3) is 4.95. The van der Waals surface area contributed by atoms with Gasteiger partial charge in [0.1, 0.15) is 0 Å². The number of rotatable bonds is 5. The lowest BCUT2D eigenvalue weighted by Gasteiger charge is -2.32. The van der Waals surface area contributed by atoms with Gasteiger partial charge in [-0.1, -0.05) is 32.9 Å². The third-order valence-electron chi connectivity index (χ3n) is 6.02. The molecule has 2 aromatic rings. The highest BCUT2D eigenvalue weighted by Crippen LogP contribution is 2.38. The molecule has 29 heavy (non-hydrogen) atoms. The number of amides is 1. The summed E-state index contributed by atoms with van der Waals surface area (Å²) in [6.45, 7) is 8.75. The first-order chi connectivity index (χ1) is 13.9. The lowest BCUT2D eigenvalue weighted by atomic mass is 9.86. The van der Waals surface area contributed by atoms with E-state index < -0.39 is 0 Å². The van der Waals surface area contributed by atoms with Crippen molar-refractivity contribution in [1.82, 2.24) is 15.1 Å². The second-order valence-corrected chi connectivity index (χ2v) is 9.44. The van der Waals surface area contributed by atoms with Gasteiger partial charge in [0.05, 0.1) is 12.3 Å². The molecule has 1 aromatic carbocycles. The Labute approximate surface area is 173 Å². The van der Waals surface area contributed by atoms with E-state index in [0.29, 0.717) is 24.3 Å². The van der Waals surface area contributed by atoms with Gasteiger partial charge in [0.15, 0.2) is 0 Å². The lowest BCUT2D eigenvalue weighted by Crippen LogP contribution is -2.39. The molecule has 1 amide bonds. The van der Waals surface area contributed by atoms with Gasteiger partial charge >= 0.3 is 0 Å². The van der Waals surface area contributed by atoms with E-state index in [0.717, 1.165) is 37.2 Å². The molecule has 1 saturated carbocycles. The number of piperidine rings is 1. The van der Waals surface area contributed by atoms with Crippen LogP contribution in [-0.2, 0) is 5.41 Å². The summed E-state index contributed by atoms with van der Waals surface area (Å²) < 4.78 is 5.85. The van der Waals surface area contributed by atoms with Gasteiger partial charge in [0, 0.05) is 30.6 Å². The van der Waals surface area contributed by atoms with Crippen LogP contribution in [0.3, 0.4) is 0 Å². The van der Waals surface area contributed by atoms with E-state index in [2.05, 4.69) is 43.1 Å². The summed E-state index contributed by atoms with van der Waals surface area (Å²) in [6, 6.07) is 12.0. The number of carbonyl (C=O) groups is 1. The van der Waals surface area contributed by atoms with Crippen LogP contribution in [0.4, 0.5) is 0 Å². The predicted molar refractivity (Wildman–Crippen MR) is 113 cm³/mol. The Balaban J connectivity index is 1.24. The fraction of sp³-hybridized carbons (Fsp3) is 0.542. The van der Waals surface area contributed by atoms with Crippen molar-refractivity contribution in [3.63, 3.8) is 0 Å². The Hall–Kier alpha value is -2.43. The molecule has 1 saturated heterocycles. The van der Waals surface area contributed by atoms with E-state index in [1.807, 2.05) is 29.2 Å². The van der Waals surface area contributed by atoms with Crippen molar-refractivity contribution in [2.75, 3.05) is 19.7 Å². The summed E-state index contributed by atoms with van der Waals surface area (Å²) in [5.41, 5.74) is 3.21. The zero-order valence-electron chi connectivity index (χ0n) is 17.7. The van der Waals surface area contributed by atoms with Gasteiger partial charge in [-0.05, 0) is 60.8 Å². The maximum Gasteiger partial charge on any atom is 0.253 e. The maximum atomic E-state index is 12.8. The molecule has 0 atom stereocenters. The van der Waals surface area contributed by atoms with Gasteiger partial charge in [-0.3, -0.25) is 4.79 Å². The summed E-state index contributed by atoms with van der Waals surface area (Å²) in [7, 11) is 0. The molecule has 1 aliphatic heterocycles. The summed E-state index contributed by atoms with van der Waals surface area (Å²) >= 11 is 0. The minimum absolute atomic E-state index is 0.0997. The number of nitrogens with zero attached hydrogens (tertiary/aromatic N) is 3. The van der Waals surface area contributed by atoms with Crippen LogP contribution in [0, 0.1) is 5.92 Å². The molecule has 2 heterocycles. The van der Waals surface area contributed by atoms with E-state index in [9.17, 15) is 4.79 Å². The van der Waals surface area contributed by atoms with Crippen molar-refractivity contribution < 1.29 is 9.53 Å². The molecule has 2 aliphatic rings. The molecule has 2 fully saturated rings. The molecular formula is C24H31N3O2. The van der Waals surface area contributed by atoms with E-state index in [-0.39, 0.29) is 11.3 Å². The van der Waals surface area contributed by atoms with Crippen LogP contribution in [0.25, 0.3) is 0 Å². The molecule has 4 rings (SSSR count). The molecule has 1 aromatic heterocycles. The van der Waals surface area contributed by atoms with Crippen LogP contribution in [-0.4, -0.2) is 40.7 Å². The Bertz CT molecular complexity index is 828. The molecular weight excluding hydrogens is 362 g/mol. The van der Waals surface area contributed by atoms with Crippen LogP contribution in [0.1, 0.15) is 74.0 Å². The SMILES string of the molecule is CC(C)(C)c1ccc(C(=O)N2CCC(COc3ccc(C4CC4)nn3)CC2)cc1. The number of likely N-dealkylation sites (tertiary alicyclic amines) is 1. The minimum atomic E-state index is 0.0997. The zero-order chi connectivity index (χ0) is 20.4. The van der Waals surface area contributed by atoms with Gasteiger partial charge in [-0.25, -0.2) is 0 Å². The lowest BCUT2D eigenvalue weighted by molar-refractivity contribution is 0.0659. The number of aromatic nitrogens is 2. The van der Waals surface area contributed by atoms with Gasteiger partial charge in [-0.15, -0.1) is 5.10 Å². The maximum absolute atomic E-state index is 12.8. The van der Waals surface area contributed by atoms with Crippen molar-refractivity contribution >= 4 is 5.91 Å². The fourth-order valence-corrected chi connectivity index (χ4v) is 3.81. The van der Waals surface area contributed by atoms with Crippen LogP contribution in [0.15, 0.2) is 36.4 Å². The van der Waals surface area contributed by atoms with Crippen LogP contribution in [0.2, 0.25) is 0 Å². The number of hydrogen-bond acceptors (Lipinski definition) is 4. The number of benzene rings is 1. The molecule has 0 radical (unpaired) electrons. The summed E-state index contributed by atoms with van der Waals surface area (Å²) in [5.74, 6) is 1.80. The van der Waals surface area contributed by atoms with Gasteiger partial charge in [-0.2, -0.15) is 5.10 Å². The highest BCUT2D eigenvalue weighted by atomic mass is 16.5. The Morgan fingerprint density at radius 2 is 1.69 bits per heavy atom. The molecule has 0 N–H and O–H groups in total. The Kier molecular flexibility index (Phi) is 5.57. The molecule has 0 bridgehead atoms. The molecule has 0 spiro atoms. The quantitative estimate of drug-likeness (QED) is 0.746. The first-order valence-corrected chi connectivity index (χ1v) is 10.8. The largest absolute Gasteiger partial charge is 0.476 e. The van der Waals surface area contributed by atoms with Crippen molar-refractivity contribution in [2.45, 2.75) is 57.8 Å². The predicted octanol–water partition coefficient (Wildman–Crippen LogP) is 4.58. The first-order valence-electron chi connectivity index (χ1n) is 10.8. The first kappa shape index (κ1) is 19.9. The van der Waals surface area contributed by atoms with E-state index in [1.165, 1.54) is 18.4 Å². The molecule has 5 heteroatoms. The molecule has 5 nitrogen and oxygen atoms in total. The zero-order valence-corrected chi connectivity index (χ0v) is 17.7. The van der Waals surface area contributed by atoms with Crippen LogP contribution >= 0.6 is 0 Å². The highest BCUT2D eigenvalue weighted by Gasteiger charge is 2.26. The highest BCUT2D eigenvalue weighted by molar-refractivity contribution is 5.94. The second-order valence-electron chi connectivity index (χ2n) is 9.44. The van der Waals surface area contributed by atoms with Gasteiger partial charge < -0.3 is 9.64 Å². The standard InChI is InChI=1S/C24H31N3O2/c1-24(2,3)20-8-6-19(7-9-20)23(28)27-14-12-17(13-15-27)16-29-22-11-10-21(25-26-22)18-4-5-18/h6-11,17-18H,4-5,12-16H2,1-3H3. The summed E-state index contributed by atoms with van der Waals surface area (Å²) in [4.78, 5) is 14.8. The normalized spacial score (nSPS) is 18.0. The van der Waals surface area contributed by atoms with Crippen molar-refractivity contribution in [3.8, 4) is 5.88 Å². The number of carbonyl (C=O) groups excluding carboxylic acids is 1. The fourth-order valence-electron chi connectivity index (χ4n) is 3.81. The minimum Gasteiger partial charge on any atom is -0.476 e. The summed E-state index contributed by atoms with van der Waals surface area (Å²) in [6.07, 6.45) is 4.37. The van der Waals surface area contributed by atoms with Gasteiger partial charge in [0.25, 0.3) is 5.91 Å². The van der Waals surface area contributed by atoms with Crippen molar-refractivity contribution in [2.24, 2.45) is 5.92 Å². The monoisotopic (exact) mass is 393 g/mol. The van der Waals surface area contributed by atoms with Gasteiger partial charge in [0.2, 0.25) is 5.88 Å². The smallest absolute Gasteiger partial charge is 0.253 e. The summed E-state index contributed by atoms with van der Waals surface area (Å²) in [5, 5.41) is 8.46. The van der Waals surface area contributed by atoms with Crippen LogP contribution < -0.4 is 4.74 Å². The van der Waals surface area contributed by atoms with E-state index >= 15 is 0 Å². The van der Waals surface area contributed by atoms with E-state index in [4.69, 9.17) is 4.74 Å². The topological polar surface area (TPSA) is 55.3 Å². The molecule has 0 unspecified atom stereocenters. The van der Waals surface area contributed by atoms with Crippen molar-refractivity contribution in [3.05, 3.63) is 53.2 Å². The van der Waals surface area contributed by atoms with E-state index in [1.54, 1.807) is 0 Å².